The average molecular weight is 415 g/mol. The molecule has 3 rings (SSSR count). The van der Waals surface area contributed by atoms with Gasteiger partial charge in [-0.15, -0.1) is 0 Å². The van der Waals surface area contributed by atoms with Crippen LogP contribution in [0.15, 0.2) is 53.4 Å². The van der Waals surface area contributed by atoms with E-state index in [0.717, 1.165) is 6.54 Å². The standard InChI is InChI=1S/C21H26N4O3S/c1-15-18(14-21(26)23-11-12-24(2)3)19-13-16(22)9-10-20(19)25(15)29(27,28)17-7-5-4-6-8-17/h4-10,13H,11-12,14,22H2,1-3H3,(H,23,26). The number of carbonyl (C=O) groups excluding carboxylic acids is 1. The molecule has 0 radical (unpaired) electrons. The topological polar surface area (TPSA) is 97.4 Å². The summed E-state index contributed by atoms with van der Waals surface area (Å²) in [6.07, 6.45) is 0.0799. The van der Waals surface area contributed by atoms with Crippen LogP contribution >= 0.6 is 0 Å². The number of rotatable bonds is 7. The minimum atomic E-state index is -3.81. The molecule has 2 aromatic carbocycles. The Morgan fingerprint density at radius 2 is 1.83 bits per heavy atom. The third-order valence-electron chi connectivity index (χ3n) is 4.81. The number of nitrogens with two attached hydrogens (primary N) is 1. The molecular formula is C21H26N4O3S. The van der Waals surface area contributed by atoms with Crippen molar-refractivity contribution in [3.8, 4) is 0 Å². The van der Waals surface area contributed by atoms with Gasteiger partial charge < -0.3 is 16.0 Å². The lowest BCUT2D eigenvalue weighted by Gasteiger charge is -2.11. The minimum Gasteiger partial charge on any atom is -0.399 e. The first-order valence-electron chi connectivity index (χ1n) is 9.33. The van der Waals surface area contributed by atoms with E-state index in [-0.39, 0.29) is 17.2 Å². The normalized spacial score (nSPS) is 11.9. The predicted octanol–water partition coefficient (Wildman–Crippen LogP) is 1.99. The number of anilines is 1. The van der Waals surface area contributed by atoms with E-state index in [0.29, 0.717) is 34.4 Å². The highest BCUT2D eigenvalue weighted by atomic mass is 32.2. The van der Waals surface area contributed by atoms with Crippen LogP contribution in [0, 0.1) is 6.92 Å². The lowest BCUT2D eigenvalue weighted by molar-refractivity contribution is -0.120. The van der Waals surface area contributed by atoms with Gasteiger partial charge in [-0.05, 0) is 56.9 Å². The molecule has 29 heavy (non-hydrogen) atoms. The largest absolute Gasteiger partial charge is 0.399 e. The number of hydrogen-bond donors (Lipinski definition) is 2. The molecule has 0 aliphatic rings. The van der Waals surface area contributed by atoms with Crippen molar-refractivity contribution in [2.45, 2.75) is 18.2 Å². The van der Waals surface area contributed by atoms with Gasteiger partial charge in [-0.3, -0.25) is 4.79 Å². The molecule has 0 aliphatic carbocycles. The zero-order chi connectivity index (χ0) is 21.2. The number of carbonyl (C=O) groups is 1. The Morgan fingerprint density at radius 1 is 1.14 bits per heavy atom. The van der Waals surface area contributed by atoms with E-state index in [4.69, 9.17) is 5.73 Å². The second-order valence-electron chi connectivity index (χ2n) is 7.25. The summed E-state index contributed by atoms with van der Waals surface area (Å²) in [5, 5.41) is 3.55. The molecule has 0 bridgehead atoms. The van der Waals surface area contributed by atoms with E-state index in [1.165, 1.54) is 3.97 Å². The Morgan fingerprint density at radius 3 is 2.48 bits per heavy atom. The molecular weight excluding hydrogens is 388 g/mol. The maximum absolute atomic E-state index is 13.3. The fraction of sp³-hybridized carbons (Fsp3) is 0.286. The van der Waals surface area contributed by atoms with Gasteiger partial charge in [-0.2, -0.15) is 0 Å². The SMILES string of the molecule is Cc1c(CC(=O)NCCN(C)C)c2cc(N)ccc2n1S(=O)(=O)c1ccccc1. The molecule has 0 aliphatic heterocycles. The Balaban J connectivity index is 2.07. The molecule has 0 fully saturated rings. The fourth-order valence-electron chi connectivity index (χ4n) is 3.34. The van der Waals surface area contributed by atoms with Crippen molar-refractivity contribution in [3.63, 3.8) is 0 Å². The summed E-state index contributed by atoms with van der Waals surface area (Å²) < 4.78 is 28.0. The summed E-state index contributed by atoms with van der Waals surface area (Å²) in [6, 6.07) is 13.3. The molecule has 0 unspecified atom stereocenters. The van der Waals surface area contributed by atoms with Crippen molar-refractivity contribution < 1.29 is 13.2 Å². The van der Waals surface area contributed by atoms with E-state index in [9.17, 15) is 13.2 Å². The average Bonchev–Trinajstić information content (AvgIpc) is 2.94. The number of amides is 1. The van der Waals surface area contributed by atoms with Crippen LogP contribution in [0.25, 0.3) is 10.9 Å². The number of benzene rings is 2. The van der Waals surface area contributed by atoms with E-state index in [2.05, 4.69) is 5.32 Å². The number of aromatic nitrogens is 1. The smallest absolute Gasteiger partial charge is 0.268 e. The quantitative estimate of drug-likeness (QED) is 0.576. The van der Waals surface area contributed by atoms with Crippen molar-refractivity contribution >= 4 is 32.5 Å². The van der Waals surface area contributed by atoms with Crippen LogP contribution in [0.4, 0.5) is 5.69 Å². The lowest BCUT2D eigenvalue weighted by Crippen LogP contribution is -2.32. The first-order chi connectivity index (χ1) is 13.7. The monoisotopic (exact) mass is 414 g/mol. The highest BCUT2D eigenvalue weighted by Gasteiger charge is 2.25. The van der Waals surface area contributed by atoms with E-state index in [1.807, 2.05) is 19.0 Å². The summed E-state index contributed by atoms with van der Waals surface area (Å²) in [7, 11) is 0.0486. The van der Waals surface area contributed by atoms with Crippen LogP contribution < -0.4 is 11.1 Å². The Bertz CT molecular complexity index is 1140. The van der Waals surface area contributed by atoms with Crippen molar-refractivity contribution in [1.29, 1.82) is 0 Å². The van der Waals surface area contributed by atoms with Crippen LogP contribution in [0.2, 0.25) is 0 Å². The Hall–Kier alpha value is -2.84. The summed E-state index contributed by atoms with van der Waals surface area (Å²) in [4.78, 5) is 14.7. The summed E-state index contributed by atoms with van der Waals surface area (Å²) in [5.74, 6) is -0.159. The molecule has 154 valence electrons. The van der Waals surface area contributed by atoms with Gasteiger partial charge in [0.15, 0.2) is 0 Å². The van der Waals surface area contributed by atoms with Crippen LogP contribution in [0.3, 0.4) is 0 Å². The number of fused-ring (bicyclic) bond motifs is 1. The number of nitrogens with zero attached hydrogens (tertiary/aromatic N) is 2. The molecule has 0 saturated heterocycles. The van der Waals surface area contributed by atoms with Gasteiger partial charge in [0.05, 0.1) is 16.8 Å². The summed E-state index contributed by atoms with van der Waals surface area (Å²) >= 11 is 0. The second-order valence-corrected chi connectivity index (χ2v) is 9.04. The van der Waals surface area contributed by atoms with Gasteiger partial charge >= 0.3 is 0 Å². The van der Waals surface area contributed by atoms with Crippen molar-refractivity contribution in [2.75, 3.05) is 32.9 Å². The molecule has 0 atom stereocenters. The first-order valence-corrected chi connectivity index (χ1v) is 10.8. The molecule has 7 nitrogen and oxygen atoms in total. The van der Waals surface area contributed by atoms with Crippen LogP contribution in [0.5, 0.6) is 0 Å². The highest BCUT2D eigenvalue weighted by Crippen LogP contribution is 2.31. The molecule has 3 N–H and O–H groups in total. The molecule has 0 saturated carbocycles. The van der Waals surface area contributed by atoms with Crippen LogP contribution in [0.1, 0.15) is 11.3 Å². The van der Waals surface area contributed by atoms with E-state index in [1.54, 1.807) is 55.5 Å². The van der Waals surface area contributed by atoms with Gasteiger partial charge in [-0.25, -0.2) is 12.4 Å². The third-order valence-corrected chi connectivity index (χ3v) is 6.63. The van der Waals surface area contributed by atoms with Crippen molar-refractivity contribution in [2.24, 2.45) is 0 Å². The Kier molecular flexibility index (Phi) is 5.95. The molecule has 8 heteroatoms. The number of nitrogens with one attached hydrogen (secondary N) is 1. The zero-order valence-electron chi connectivity index (χ0n) is 16.8. The second kappa shape index (κ2) is 8.26. The van der Waals surface area contributed by atoms with Gasteiger partial charge in [0.1, 0.15) is 0 Å². The maximum atomic E-state index is 13.3. The number of nitrogen functional groups attached to an aromatic ring is 1. The lowest BCUT2D eigenvalue weighted by atomic mass is 10.1. The van der Waals surface area contributed by atoms with Gasteiger partial charge in [0.2, 0.25) is 5.91 Å². The molecule has 0 spiro atoms. The summed E-state index contributed by atoms with van der Waals surface area (Å²) in [6.45, 7) is 2.97. The number of hydrogen-bond acceptors (Lipinski definition) is 5. The Labute approximate surface area is 171 Å². The van der Waals surface area contributed by atoms with Gasteiger partial charge in [0.25, 0.3) is 10.0 Å². The molecule has 1 amide bonds. The van der Waals surface area contributed by atoms with Crippen LogP contribution in [-0.4, -0.2) is 50.4 Å². The third kappa shape index (κ3) is 4.28. The fourth-order valence-corrected chi connectivity index (χ4v) is 4.94. The zero-order valence-corrected chi connectivity index (χ0v) is 17.7. The van der Waals surface area contributed by atoms with Crippen molar-refractivity contribution in [3.05, 3.63) is 59.8 Å². The molecule has 1 aromatic heterocycles. The molecule has 1 heterocycles. The predicted molar refractivity (Wildman–Crippen MR) is 115 cm³/mol. The molecule has 3 aromatic rings. The van der Waals surface area contributed by atoms with Crippen LogP contribution in [-0.2, 0) is 21.2 Å². The first kappa shape index (κ1) is 20.9. The van der Waals surface area contributed by atoms with E-state index >= 15 is 0 Å². The summed E-state index contributed by atoms with van der Waals surface area (Å²) in [5.41, 5.74) is 8.15. The van der Waals surface area contributed by atoms with Crippen molar-refractivity contribution in [1.82, 2.24) is 14.2 Å². The maximum Gasteiger partial charge on any atom is 0.268 e. The van der Waals surface area contributed by atoms with E-state index < -0.39 is 10.0 Å². The minimum absolute atomic E-state index is 0.0799. The van der Waals surface area contributed by atoms with Gasteiger partial charge in [-0.1, -0.05) is 18.2 Å². The van der Waals surface area contributed by atoms with Gasteiger partial charge in [0, 0.05) is 29.9 Å². The highest BCUT2D eigenvalue weighted by molar-refractivity contribution is 7.90. The number of likely N-dealkylation sites (N-methyl/N-ethyl adjacent to an activating group) is 1.